The van der Waals surface area contributed by atoms with E-state index in [0.29, 0.717) is 15.6 Å². The summed E-state index contributed by atoms with van der Waals surface area (Å²) in [5.74, 6) is -1.74. The maximum absolute atomic E-state index is 14.8. The lowest BCUT2D eigenvalue weighted by Gasteiger charge is -2.35. The van der Waals surface area contributed by atoms with Crippen molar-refractivity contribution in [3.8, 4) is 11.1 Å². The van der Waals surface area contributed by atoms with Crippen molar-refractivity contribution in [3.05, 3.63) is 94.5 Å². The zero-order valence-corrected chi connectivity index (χ0v) is 20.1. The molecule has 0 saturated carbocycles. The molecule has 1 aliphatic heterocycles. The molecular weight excluding hydrogens is 499 g/mol. The van der Waals surface area contributed by atoms with Gasteiger partial charge in [-0.3, -0.25) is 14.4 Å². The van der Waals surface area contributed by atoms with Gasteiger partial charge in [-0.05, 0) is 44.8 Å². The van der Waals surface area contributed by atoms with Crippen LogP contribution in [0.4, 0.5) is 4.39 Å². The number of piperazine rings is 1. The summed E-state index contributed by atoms with van der Waals surface area (Å²) in [5.41, 5.74) is 3.25. The molecule has 0 bridgehead atoms. The van der Waals surface area contributed by atoms with Crippen LogP contribution in [-0.2, 0) is 16.0 Å². The molecule has 7 heteroatoms. The fraction of sp³-hybridized carbons (Fsp3) is 0.222. The zero-order chi connectivity index (χ0) is 24.1. The number of amides is 2. The Kier molecular flexibility index (Phi) is 7.53. The normalized spacial score (nSPS) is 14.5. The number of hydrogen-bond acceptors (Lipinski definition) is 3. The molecular formula is C27H24BrFN2O3. The molecule has 1 atom stereocenters. The van der Waals surface area contributed by atoms with E-state index in [0.717, 1.165) is 11.1 Å². The number of carbonyl (C=O) groups excluding carboxylic acids is 3. The first-order valence-electron chi connectivity index (χ1n) is 11.1. The molecule has 0 aromatic heterocycles. The van der Waals surface area contributed by atoms with Crippen molar-refractivity contribution < 1.29 is 18.8 Å². The Hall–Kier alpha value is -3.32. The van der Waals surface area contributed by atoms with E-state index >= 15 is 0 Å². The SMILES string of the molecule is O=C(Cc1ccc(-c2ccccc2)cc1)C(F)C(=O)N1CCN(C(=O)c2ccccc2Br)CC1. The number of rotatable bonds is 6. The molecule has 174 valence electrons. The molecule has 5 nitrogen and oxygen atoms in total. The molecule has 1 fully saturated rings. The van der Waals surface area contributed by atoms with Gasteiger partial charge in [0.1, 0.15) is 0 Å². The van der Waals surface area contributed by atoms with Gasteiger partial charge in [-0.1, -0.05) is 66.7 Å². The highest BCUT2D eigenvalue weighted by atomic mass is 79.9. The lowest BCUT2D eigenvalue weighted by molar-refractivity contribution is -0.143. The van der Waals surface area contributed by atoms with Crippen LogP contribution in [0.25, 0.3) is 11.1 Å². The lowest BCUT2D eigenvalue weighted by atomic mass is 10.0. The molecule has 2 amide bonds. The standard InChI is InChI=1S/C27H24BrFN2O3/c28-23-9-5-4-8-22(23)26(33)30-14-16-31(17-15-30)27(34)25(29)24(32)18-19-10-12-21(13-11-19)20-6-2-1-3-7-20/h1-13,25H,14-18H2. The summed E-state index contributed by atoms with van der Waals surface area (Å²) in [6.45, 7) is 0.949. The minimum atomic E-state index is -2.21. The van der Waals surface area contributed by atoms with Crippen LogP contribution in [0.2, 0.25) is 0 Å². The van der Waals surface area contributed by atoms with E-state index in [1.165, 1.54) is 4.90 Å². The van der Waals surface area contributed by atoms with Crippen molar-refractivity contribution in [2.24, 2.45) is 0 Å². The first-order chi connectivity index (χ1) is 16.4. The molecule has 1 saturated heterocycles. The van der Waals surface area contributed by atoms with E-state index in [9.17, 15) is 18.8 Å². The van der Waals surface area contributed by atoms with E-state index in [1.807, 2.05) is 48.5 Å². The van der Waals surface area contributed by atoms with Crippen LogP contribution < -0.4 is 0 Å². The second-order valence-corrected chi connectivity index (χ2v) is 9.02. The molecule has 3 aromatic rings. The van der Waals surface area contributed by atoms with E-state index in [2.05, 4.69) is 15.9 Å². The Morgan fingerprint density at radius 1 is 0.765 bits per heavy atom. The fourth-order valence-corrected chi connectivity index (χ4v) is 4.42. The van der Waals surface area contributed by atoms with Gasteiger partial charge in [-0.2, -0.15) is 0 Å². The average molecular weight is 523 g/mol. The zero-order valence-electron chi connectivity index (χ0n) is 18.5. The maximum atomic E-state index is 14.8. The first kappa shape index (κ1) is 23.8. The molecule has 0 aliphatic carbocycles. The highest BCUT2D eigenvalue weighted by Crippen LogP contribution is 2.21. The third-order valence-electron chi connectivity index (χ3n) is 5.92. The Morgan fingerprint density at radius 3 is 1.97 bits per heavy atom. The van der Waals surface area contributed by atoms with Gasteiger partial charge in [0.15, 0.2) is 5.78 Å². The number of hydrogen-bond donors (Lipinski definition) is 0. The van der Waals surface area contributed by atoms with Gasteiger partial charge in [0.2, 0.25) is 6.17 Å². The van der Waals surface area contributed by atoms with Crippen molar-refractivity contribution in [2.75, 3.05) is 26.2 Å². The molecule has 1 aliphatic rings. The first-order valence-corrected chi connectivity index (χ1v) is 11.9. The minimum Gasteiger partial charge on any atom is -0.336 e. The Bertz CT molecular complexity index is 1180. The number of nitrogens with zero attached hydrogens (tertiary/aromatic N) is 2. The van der Waals surface area contributed by atoms with E-state index < -0.39 is 17.9 Å². The van der Waals surface area contributed by atoms with Gasteiger partial charge in [0.05, 0.1) is 5.56 Å². The predicted octanol–water partition coefficient (Wildman–Crippen LogP) is 4.55. The van der Waals surface area contributed by atoms with Gasteiger partial charge in [-0.15, -0.1) is 0 Å². The third kappa shape index (κ3) is 5.42. The number of halogens is 2. The lowest BCUT2D eigenvalue weighted by Crippen LogP contribution is -2.53. The summed E-state index contributed by atoms with van der Waals surface area (Å²) >= 11 is 3.38. The fourth-order valence-electron chi connectivity index (χ4n) is 3.97. The van der Waals surface area contributed by atoms with Crippen LogP contribution in [0, 0.1) is 0 Å². The third-order valence-corrected chi connectivity index (χ3v) is 6.61. The number of ketones is 1. The van der Waals surface area contributed by atoms with Crippen LogP contribution >= 0.6 is 15.9 Å². The smallest absolute Gasteiger partial charge is 0.265 e. The van der Waals surface area contributed by atoms with E-state index in [-0.39, 0.29) is 38.5 Å². The monoisotopic (exact) mass is 522 g/mol. The summed E-state index contributed by atoms with van der Waals surface area (Å²) in [5, 5.41) is 0. The summed E-state index contributed by atoms with van der Waals surface area (Å²) in [4.78, 5) is 40.7. The molecule has 1 heterocycles. The molecule has 0 spiro atoms. The van der Waals surface area contributed by atoms with Gasteiger partial charge in [0, 0.05) is 37.1 Å². The topological polar surface area (TPSA) is 57.7 Å². The van der Waals surface area contributed by atoms with Crippen LogP contribution in [0.3, 0.4) is 0 Å². The number of Topliss-reactive ketones (excluding diaryl/α,β-unsaturated/α-hetero) is 1. The van der Waals surface area contributed by atoms with Gasteiger partial charge < -0.3 is 9.80 Å². The molecule has 34 heavy (non-hydrogen) atoms. The summed E-state index contributed by atoms with van der Waals surface area (Å²) < 4.78 is 15.4. The molecule has 3 aromatic carbocycles. The van der Waals surface area contributed by atoms with Gasteiger partial charge >= 0.3 is 0 Å². The summed E-state index contributed by atoms with van der Waals surface area (Å²) in [6.07, 6.45) is -2.36. The van der Waals surface area contributed by atoms with Crippen LogP contribution in [0.5, 0.6) is 0 Å². The van der Waals surface area contributed by atoms with Crippen molar-refractivity contribution in [1.82, 2.24) is 9.80 Å². The number of benzene rings is 3. The second kappa shape index (κ2) is 10.7. The van der Waals surface area contributed by atoms with Gasteiger partial charge in [0.25, 0.3) is 11.8 Å². The number of alkyl halides is 1. The molecule has 4 rings (SSSR count). The molecule has 1 unspecified atom stereocenters. The molecule has 0 N–H and O–H groups in total. The van der Waals surface area contributed by atoms with Crippen LogP contribution in [-0.4, -0.2) is 59.7 Å². The minimum absolute atomic E-state index is 0.147. The quantitative estimate of drug-likeness (QED) is 0.446. The van der Waals surface area contributed by atoms with Gasteiger partial charge in [-0.25, -0.2) is 4.39 Å². The highest BCUT2D eigenvalue weighted by Gasteiger charge is 2.33. The van der Waals surface area contributed by atoms with Crippen LogP contribution in [0.15, 0.2) is 83.3 Å². The van der Waals surface area contributed by atoms with Crippen molar-refractivity contribution in [2.45, 2.75) is 12.6 Å². The van der Waals surface area contributed by atoms with E-state index in [1.54, 1.807) is 35.2 Å². The largest absolute Gasteiger partial charge is 0.336 e. The highest BCUT2D eigenvalue weighted by molar-refractivity contribution is 9.10. The molecule has 0 radical (unpaired) electrons. The second-order valence-electron chi connectivity index (χ2n) is 8.17. The number of carbonyl (C=O) groups is 3. The van der Waals surface area contributed by atoms with Crippen molar-refractivity contribution >= 4 is 33.5 Å². The average Bonchev–Trinajstić information content (AvgIpc) is 2.88. The van der Waals surface area contributed by atoms with Crippen molar-refractivity contribution in [1.29, 1.82) is 0 Å². The van der Waals surface area contributed by atoms with Crippen molar-refractivity contribution in [3.63, 3.8) is 0 Å². The Labute approximate surface area is 206 Å². The summed E-state index contributed by atoms with van der Waals surface area (Å²) in [7, 11) is 0. The Balaban J connectivity index is 1.31. The predicted molar refractivity (Wildman–Crippen MR) is 132 cm³/mol. The summed E-state index contributed by atoms with van der Waals surface area (Å²) in [6, 6.07) is 24.3. The van der Waals surface area contributed by atoms with Crippen LogP contribution in [0.1, 0.15) is 15.9 Å². The maximum Gasteiger partial charge on any atom is 0.265 e. The Morgan fingerprint density at radius 2 is 1.32 bits per heavy atom. The van der Waals surface area contributed by atoms with E-state index in [4.69, 9.17) is 0 Å².